The Morgan fingerprint density at radius 3 is 1.30 bits per heavy atom. The van der Waals surface area contributed by atoms with Crippen molar-refractivity contribution in [3.8, 4) is 12.1 Å². The van der Waals surface area contributed by atoms with Crippen LogP contribution in [0, 0.1) is 64.2 Å². The summed E-state index contributed by atoms with van der Waals surface area (Å²) in [6.07, 6.45) is -7.73. The lowest BCUT2D eigenvalue weighted by Crippen LogP contribution is -2.40. The number of rotatable bonds is 20. The monoisotopic (exact) mass is 1390 g/mol. The first-order valence-electron chi connectivity index (χ1n) is 30.4. The standard InChI is InChI=1S/2C34H36F3N5O4SSi/c1-21-7-10-25(11-8-21)47(44,45)42-14-13-26-29(22(2)17-23(3)31(26)42)30(40-33(43)34(35,36)37)32-39-27-18-24(19-38)9-12-28(27)41(32)20-46-15-16-48(4,5)6;1-21-7-10-25(11-8-21)47(44,45)42-14-13-26-29(22(2)17-23(3)31(26)42)30(40-33(43)34(35,36)37)32-39-27-12-9-24(19-38)18-28(27)41(32)20-46-15-16-48(4,5)6/h2*7-14,17-18,30H,15-16,20H2,1-6H3,(H,40,43). The molecular formula is C68H72F6N10O8S2Si2. The molecule has 0 bridgehead atoms. The number of aromatic nitrogens is 6. The molecule has 4 aromatic heterocycles. The van der Waals surface area contributed by atoms with E-state index in [1.165, 1.54) is 54.9 Å². The number of amides is 2. The topological polar surface area (TPSA) is 238 Å². The van der Waals surface area contributed by atoms with E-state index in [-0.39, 0.29) is 57.1 Å². The summed E-state index contributed by atoms with van der Waals surface area (Å²) in [5.74, 6) is -4.31. The zero-order valence-electron chi connectivity index (χ0n) is 54.9. The summed E-state index contributed by atoms with van der Waals surface area (Å²) in [4.78, 5) is 34.8. The molecular weight excluding hydrogens is 1320 g/mol. The van der Waals surface area contributed by atoms with Gasteiger partial charge in [-0.05, 0) is 160 Å². The number of carbonyl (C=O) groups is 2. The number of alkyl halides is 6. The van der Waals surface area contributed by atoms with Gasteiger partial charge in [-0.3, -0.25) is 9.59 Å². The summed E-state index contributed by atoms with van der Waals surface area (Å²) in [5, 5.41) is 24.1. The molecule has 28 heteroatoms. The van der Waals surface area contributed by atoms with E-state index in [9.17, 15) is 63.3 Å². The number of nitrogens with one attached hydrogen (secondary N) is 2. The first-order chi connectivity index (χ1) is 44.8. The van der Waals surface area contributed by atoms with Crippen molar-refractivity contribution in [1.82, 2.24) is 37.7 Å². The van der Waals surface area contributed by atoms with Crippen molar-refractivity contribution in [2.45, 2.75) is 141 Å². The van der Waals surface area contributed by atoms with Crippen LogP contribution in [-0.4, -0.2) is 97.4 Å². The molecule has 2 N–H and O–H groups in total. The maximum Gasteiger partial charge on any atom is 0.471 e. The Hall–Kier alpha value is -8.91. The number of halogens is 6. The molecule has 0 aliphatic heterocycles. The van der Waals surface area contributed by atoms with Crippen LogP contribution in [0.2, 0.25) is 51.4 Å². The lowest BCUT2D eigenvalue weighted by molar-refractivity contribution is -0.174. The summed E-state index contributed by atoms with van der Waals surface area (Å²) < 4.78 is 156. The zero-order chi connectivity index (χ0) is 70.4. The maximum absolute atomic E-state index is 13.9. The molecule has 18 nitrogen and oxygen atoms in total. The highest BCUT2D eigenvalue weighted by Gasteiger charge is 2.44. The molecule has 2 unspecified atom stereocenters. The summed E-state index contributed by atoms with van der Waals surface area (Å²) in [7, 11) is -11.2. The normalized spacial score (nSPS) is 13.2. The summed E-state index contributed by atoms with van der Waals surface area (Å²) >= 11 is 0. The third kappa shape index (κ3) is 15.2. The summed E-state index contributed by atoms with van der Waals surface area (Å²) in [6.45, 7) is 24.2. The maximum atomic E-state index is 13.9. The van der Waals surface area contributed by atoms with E-state index < -0.39 is 72.4 Å². The molecule has 0 saturated carbocycles. The highest BCUT2D eigenvalue weighted by molar-refractivity contribution is 7.90. The highest BCUT2D eigenvalue weighted by atomic mass is 32.2. The summed E-state index contributed by atoms with van der Waals surface area (Å²) in [5.41, 5.74) is 7.11. The van der Waals surface area contributed by atoms with E-state index in [2.05, 4.69) is 66.0 Å². The largest absolute Gasteiger partial charge is 0.471 e. The van der Waals surface area contributed by atoms with Crippen molar-refractivity contribution in [2.24, 2.45) is 0 Å². The van der Waals surface area contributed by atoms with Crippen molar-refractivity contribution >= 4 is 91.9 Å². The second-order valence-electron chi connectivity index (χ2n) is 26.2. The van der Waals surface area contributed by atoms with Crippen LogP contribution in [0.5, 0.6) is 0 Å². The van der Waals surface area contributed by atoms with E-state index >= 15 is 0 Å². The third-order valence-corrected chi connectivity index (χ3v) is 23.1. The average molecular weight is 1390 g/mol. The number of ether oxygens (including phenoxy) is 2. The lowest BCUT2D eigenvalue weighted by atomic mass is 9.94. The average Bonchev–Trinajstić information content (AvgIpc) is 1.54. The van der Waals surface area contributed by atoms with Crippen LogP contribution in [0.25, 0.3) is 43.9 Å². The quantitative estimate of drug-likeness (QED) is 0.0412. The molecule has 0 spiro atoms. The Morgan fingerprint density at radius 2 is 0.906 bits per heavy atom. The van der Waals surface area contributed by atoms with Crippen LogP contribution < -0.4 is 10.6 Å². The van der Waals surface area contributed by atoms with Gasteiger partial charge < -0.3 is 29.2 Å². The van der Waals surface area contributed by atoms with Gasteiger partial charge in [0.05, 0.1) is 66.2 Å². The molecule has 10 rings (SSSR count). The predicted molar refractivity (Wildman–Crippen MR) is 360 cm³/mol. The van der Waals surface area contributed by atoms with Crippen molar-refractivity contribution in [3.63, 3.8) is 0 Å². The number of nitrogens with zero attached hydrogens (tertiary/aromatic N) is 8. The number of hydrogen-bond acceptors (Lipinski definition) is 12. The molecule has 0 aliphatic carbocycles. The van der Waals surface area contributed by atoms with E-state index in [0.717, 1.165) is 31.2 Å². The van der Waals surface area contributed by atoms with Gasteiger partial charge in [0, 0.05) is 52.5 Å². The minimum Gasteiger partial charge on any atom is -0.361 e. The van der Waals surface area contributed by atoms with E-state index in [1.807, 2.05) is 19.9 Å². The van der Waals surface area contributed by atoms with Gasteiger partial charge in [0.15, 0.2) is 0 Å². The fourth-order valence-electron chi connectivity index (χ4n) is 11.4. The number of carbonyl (C=O) groups excluding carboxylic acids is 2. The Morgan fingerprint density at radius 1 is 0.521 bits per heavy atom. The van der Waals surface area contributed by atoms with E-state index in [0.29, 0.717) is 79.4 Å². The van der Waals surface area contributed by atoms with Crippen molar-refractivity contribution in [2.75, 3.05) is 13.2 Å². The minimum absolute atomic E-state index is 0.0353. The van der Waals surface area contributed by atoms with Crippen LogP contribution >= 0.6 is 0 Å². The van der Waals surface area contributed by atoms with Gasteiger partial charge in [0.25, 0.3) is 20.0 Å². The van der Waals surface area contributed by atoms with E-state index in [1.54, 1.807) is 104 Å². The molecule has 2 amide bonds. The van der Waals surface area contributed by atoms with Crippen LogP contribution in [0.15, 0.2) is 131 Å². The van der Waals surface area contributed by atoms with Gasteiger partial charge in [-0.25, -0.2) is 34.7 Å². The minimum atomic E-state index is -5.23. The van der Waals surface area contributed by atoms with Gasteiger partial charge in [0.2, 0.25) is 0 Å². The molecule has 0 radical (unpaired) electrons. The zero-order valence-corrected chi connectivity index (χ0v) is 58.5. The Bertz CT molecular complexity index is 4780. The van der Waals surface area contributed by atoms with Crippen LogP contribution in [0.4, 0.5) is 26.3 Å². The lowest BCUT2D eigenvalue weighted by Gasteiger charge is -2.24. The molecule has 0 fully saturated rings. The molecule has 0 saturated heterocycles. The van der Waals surface area contributed by atoms with Gasteiger partial charge in [-0.1, -0.05) is 86.8 Å². The molecule has 2 atom stereocenters. The number of fused-ring (bicyclic) bond motifs is 4. The SMILES string of the molecule is Cc1ccc(S(=O)(=O)n2ccc3c(C(NC(=O)C(F)(F)F)c4nc5cc(C#N)ccc5n4COCC[Si](C)(C)C)c(C)cc(C)c32)cc1.Cc1ccc(S(=O)(=O)n2ccc3c(C(NC(=O)C(F)(F)F)c4nc5ccc(C#N)cc5n4COCC[Si](C)(C)C)c(C)cc(C)c32)cc1. The number of aryl methyl sites for hydroxylation is 6. The van der Waals surface area contributed by atoms with Gasteiger partial charge >= 0.3 is 24.2 Å². The summed E-state index contributed by atoms with van der Waals surface area (Å²) in [6, 6.07) is 31.3. The smallest absolute Gasteiger partial charge is 0.361 e. The third-order valence-electron chi connectivity index (χ3n) is 16.3. The Labute approximate surface area is 554 Å². The number of hydrogen-bond donors (Lipinski definition) is 2. The fraction of sp³-hybridized carbons (Fsp3) is 0.324. The second-order valence-corrected chi connectivity index (χ2v) is 41.0. The van der Waals surface area contributed by atoms with Gasteiger partial charge in [-0.15, -0.1) is 0 Å². The number of nitriles is 2. The fourth-order valence-corrected chi connectivity index (χ4v) is 15.7. The molecule has 4 heterocycles. The van der Waals surface area contributed by atoms with Crippen LogP contribution in [0.3, 0.4) is 0 Å². The molecule has 96 heavy (non-hydrogen) atoms. The number of imidazole rings is 2. The van der Waals surface area contributed by atoms with Crippen molar-refractivity contribution in [3.05, 3.63) is 189 Å². The Kier molecular flexibility index (Phi) is 20.3. The van der Waals surface area contributed by atoms with Crippen LogP contribution in [0.1, 0.15) is 79.4 Å². The molecule has 504 valence electrons. The second kappa shape index (κ2) is 27.3. The van der Waals surface area contributed by atoms with Gasteiger partial charge in [-0.2, -0.15) is 36.9 Å². The Balaban J connectivity index is 0.000000225. The highest BCUT2D eigenvalue weighted by Crippen LogP contribution is 2.40. The van der Waals surface area contributed by atoms with Crippen molar-refractivity contribution < 1.29 is 62.2 Å². The number of benzene rings is 6. The first-order valence-corrected chi connectivity index (χ1v) is 40.7. The predicted octanol–water partition coefficient (Wildman–Crippen LogP) is 14.2. The first kappa shape index (κ1) is 71.4. The molecule has 10 aromatic rings. The molecule has 6 aromatic carbocycles. The van der Waals surface area contributed by atoms with Crippen LogP contribution in [-0.2, 0) is 52.6 Å². The van der Waals surface area contributed by atoms with Gasteiger partial charge in [0.1, 0.15) is 37.2 Å². The van der Waals surface area contributed by atoms with Crippen molar-refractivity contribution in [1.29, 1.82) is 10.5 Å². The molecule has 0 aliphatic rings. The van der Waals surface area contributed by atoms with E-state index in [4.69, 9.17) is 9.47 Å².